The largest absolute Gasteiger partial charge is 0.355 e. The van der Waals surface area contributed by atoms with E-state index >= 15 is 0 Å². The third-order valence-electron chi connectivity index (χ3n) is 4.22. The average molecular weight is 350 g/mol. The summed E-state index contributed by atoms with van der Waals surface area (Å²) in [5.74, 6) is 0.169. The van der Waals surface area contributed by atoms with Crippen molar-refractivity contribution in [3.05, 3.63) is 29.8 Å². The molecule has 0 unspecified atom stereocenters. The van der Waals surface area contributed by atoms with Gasteiger partial charge in [0.25, 0.3) is 5.91 Å². The van der Waals surface area contributed by atoms with Crippen LogP contribution in [0.1, 0.15) is 30.1 Å². The van der Waals surface area contributed by atoms with E-state index in [1.54, 1.807) is 11.8 Å². The lowest BCUT2D eigenvalue weighted by molar-refractivity contribution is -0.122. The first-order valence-corrected chi connectivity index (χ1v) is 9.79. The van der Waals surface area contributed by atoms with E-state index in [4.69, 9.17) is 0 Å². The molecule has 0 atom stereocenters. The van der Waals surface area contributed by atoms with Crippen LogP contribution in [0.4, 0.5) is 0 Å². The molecule has 1 heterocycles. The Hall–Kier alpha value is -1.53. The van der Waals surface area contributed by atoms with Gasteiger partial charge in [0, 0.05) is 37.6 Å². The summed E-state index contributed by atoms with van der Waals surface area (Å²) >= 11 is 1.60. The van der Waals surface area contributed by atoms with Gasteiger partial charge in [-0.25, -0.2) is 0 Å². The quantitative estimate of drug-likeness (QED) is 0.605. The number of carbonyl (C=O) groups excluding carboxylic acids is 2. The molecule has 24 heavy (non-hydrogen) atoms. The number of hydrogen-bond donors (Lipinski definition) is 1. The van der Waals surface area contributed by atoms with E-state index in [9.17, 15) is 9.59 Å². The molecule has 0 radical (unpaired) electrons. The highest BCUT2D eigenvalue weighted by Gasteiger charge is 2.24. The first-order chi connectivity index (χ1) is 11.7. The fraction of sp³-hybridized carbons (Fsp3) is 0.556. The van der Waals surface area contributed by atoms with Crippen LogP contribution in [0.25, 0.3) is 0 Å². The first kappa shape index (κ1) is 18.8. The maximum absolute atomic E-state index is 12.7. The van der Waals surface area contributed by atoms with E-state index in [0.717, 1.165) is 42.9 Å². The summed E-state index contributed by atoms with van der Waals surface area (Å²) in [5.41, 5.74) is 0.774. The zero-order chi connectivity index (χ0) is 17.4. The minimum Gasteiger partial charge on any atom is -0.355 e. The normalized spacial score (nSPS) is 15.3. The van der Waals surface area contributed by atoms with Crippen LogP contribution in [0.15, 0.2) is 29.2 Å². The predicted octanol–water partition coefficient (Wildman–Crippen LogP) is 2.08. The summed E-state index contributed by atoms with van der Waals surface area (Å²) in [6.45, 7) is 6.11. The maximum Gasteiger partial charge on any atom is 0.255 e. The second-order valence-electron chi connectivity index (χ2n) is 5.97. The third-order valence-corrected chi connectivity index (χ3v) is 5.01. The highest BCUT2D eigenvalue weighted by atomic mass is 32.2. The molecule has 0 aromatic heterocycles. The van der Waals surface area contributed by atoms with Crippen molar-refractivity contribution in [2.45, 2.75) is 24.7 Å². The average Bonchev–Trinajstić information content (AvgIpc) is 2.62. The molecule has 0 spiro atoms. The Morgan fingerprint density at radius 1 is 1.17 bits per heavy atom. The summed E-state index contributed by atoms with van der Waals surface area (Å²) in [5, 5.41) is 2.94. The van der Waals surface area contributed by atoms with Gasteiger partial charge < -0.3 is 10.2 Å². The van der Waals surface area contributed by atoms with Gasteiger partial charge in [0.1, 0.15) is 0 Å². The molecular formula is C18H27N3O2S. The molecule has 2 rings (SSSR count). The molecule has 1 aliphatic heterocycles. The van der Waals surface area contributed by atoms with Crippen LogP contribution in [-0.4, -0.2) is 67.1 Å². The third kappa shape index (κ3) is 5.24. The molecular weight excluding hydrogens is 322 g/mol. The summed E-state index contributed by atoms with van der Waals surface area (Å²) in [6, 6.07) is 7.73. The molecule has 1 N–H and O–H groups in total. The molecule has 0 aliphatic carbocycles. The van der Waals surface area contributed by atoms with Crippen LogP contribution in [0.5, 0.6) is 0 Å². The smallest absolute Gasteiger partial charge is 0.255 e. The number of hydrogen-bond acceptors (Lipinski definition) is 4. The number of thioether (sulfide) groups is 1. The van der Waals surface area contributed by atoms with Crippen molar-refractivity contribution in [2.75, 3.05) is 45.5 Å². The lowest BCUT2D eigenvalue weighted by atomic mass is 10.2. The predicted molar refractivity (Wildman–Crippen MR) is 98.5 cm³/mol. The molecule has 1 saturated heterocycles. The van der Waals surface area contributed by atoms with Crippen LogP contribution in [-0.2, 0) is 4.79 Å². The van der Waals surface area contributed by atoms with Gasteiger partial charge >= 0.3 is 0 Å². The SMILES string of the molecule is CCCCNC(=O)CN1CCN(C(=O)c2ccccc2SC)CC1. The monoisotopic (exact) mass is 349 g/mol. The second kappa shape index (κ2) is 9.69. The number of piperazine rings is 1. The van der Waals surface area contributed by atoms with Gasteiger partial charge in [-0.1, -0.05) is 25.5 Å². The van der Waals surface area contributed by atoms with Crippen LogP contribution in [0, 0.1) is 0 Å². The van der Waals surface area contributed by atoms with Gasteiger partial charge in [-0.15, -0.1) is 11.8 Å². The van der Waals surface area contributed by atoms with Gasteiger partial charge in [-0.2, -0.15) is 0 Å². The molecule has 6 heteroatoms. The lowest BCUT2D eigenvalue weighted by Gasteiger charge is -2.34. The molecule has 1 aromatic carbocycles. The summed E-state index contributed by atoms with van der Waals surface area (Å²) in [7, 11) is 0. The second-order valence-corrected chi connectivity index (χ2v) is 6.82. The molecule has 5 nitrogen and oxygen atoms in total. The highest BCUT2D eigenvalue weighted by Crippen LogP contribution is 2.21. The molecule has 1 aliphatic rings. The lowest BCUT2D eigenvalue weighted by Crippen LogP contribution is -2.51. The molecule has 132 valence electrons. The van der Waals surface area contributed by atoms with Crippen LogP contribution in [0.3, 0.4) is 0 Å². The van der Waals surface area contributed by atoms with E-state index in [1.807, 2.05) is 35.4 Å². The fourth-order valence-electron chi connectivity index (χ4n) is 2.76. The standard InChI is InChI=1S/C18H27N3O2S/c1-3-4-9-19-17(22)14-20-10-12-21(13-11-20)18(23)15-7-5-6-8-16(15)24-2/h5-8H,3-4,9-14H2,1-2H3,(H,19,22). The van der Waals surface area contributed by atoms with Crippen LogP contribution < -0.4 is 5.32 Å². The highest BCUT2D eigenvalue weighted by molar-refractivity contribution is 7.98. The summed E-state index contributed by atoms with van der Waals surface area (Å²) in [6.07, 6.45) is 4.09. The van der Waals surface area contributed by atoms with E-state index in [-0.39, 0.29) is 11.8 Å². The Morgan fingerprint density at radius 2 is 1.88 bits per heavy atom. The van der Waals surface area contributed by atoms with E-state index in [0.29, 0.717) is 19.6 Å². The number of carbonyl (C=O) groups is 2. The number of amides is 2. The minimum atomic E-state index is 0.0796. The number of unbranched alkanes of at least 4 members (excludes halogenated alkanes) is 1. The minimum absolute atomic E-state index is 0.0796. The summed E-state index contributed by atoms with van der Waals surface area (Å²) in [4.78, 5) is 29.6. The number of nitrogens with one attached hydrogen (secondary N) is 1. The Balaban J connectivity index is 1.82. The molecule has 2 amide bonds. The van der Waals surface area contributed by atoms with E-state index in [1.165, 1.54) is 0 Å². The molecule has 1 fully saturated rings. The number of rotatable bonds is 7. The zero-order valence-corrected chi connectivity index (χ0v) is 15.4. The van der Waals surface area contributed by atoms with Crippen LogP contribution in [0.2, 0.25) is 0 Å². The molecule has 1 aromatic rings. The topological polar surface area (TPSA) is 52.7 Å². The molecule has 0 bridgehead atoms. The van der Waals surface area contributed by atoms with Crippen molar-refractivity contribution < 1.29 is 9.59 Å². The van der Waals surface area contributed by atoms with Crippen molar-refractivity contribution in [1.82, 2.24) is 15.1 Å². The van der Waals surface area contributed by atoms with Gasteiger partial charge in [0.2, 0.25) is 5.91 Å². The fourth-order valence-corrected chi connectivity index (χ4v) is 3.35. The Kier molecular flexibility index (Phi) is 7.59. The number of benzene rings is 1. The van der Waals surface area contributed by atoms with Crippen molar-refractivity contribution in [3.63, 3.8) is 0 Å². The van der Waals surface area contributed by atoms with E-state index in [2.05, 4.69) is 17.1 Å². The van der Waals surface area contributed by atoms with Crippen molar-refractivity contribution in [1.29, 1.82) is 0 Å². The number of nitrogens with zero attached hydrogens (tertiary/aromatic N) is 2. The van der Waals surface area contributed by atoms with Gasteiger partial charge in [-0.3, -0.25) is 14.5 Å². The van der Waals surface area contributed by atoms with Crippen molar-refractivity contribution in [2.24, 2.45) is 0 Å². The Morgan fingerprint density at radius 3 is 2.54 bits per heavy atom. The molecule has 0 saturated carbocycles. The zero-order valence-electron chi connectivity index (χ0n) is 14.6. The van der Waals surface area contributed by atoms with Gasteiger partial charge in [-0.05, 0) is 24.8 Å². The van der Waals surface area contributed by atoms with Gasteiger partial charge in [0.15, 0.2) is 0 Å². The first-order valence-electron chi connectivity index (χ1n) is 8.57. The van der Waals surface area contributed by atoms with E-state index < -0.39 is 0 Å². The van der Waals surface area contributed by atoms with Crippen LogP contribution >= 0.6 is 11.8 Å². The van der Waals surface area contributed by atoms with Crippen molar-refractivity contribution >= 4 is 23.6 Å². The summed E-state index contributed by atoms with van der Waals surface area (Å²) < 4.78 is 0. The van der Waals surface area contributed by atoms with Crippen molar-refractivity contribution in [3.8, 4) is 0 Å². The Bertz CT molecular complexity index is 557. The Labute approximate surface area is 148 Å². The van der Waals surface area contributed by atoms with Gasteiger partial charge in [0.05, 0.1) is 12.1 Å². The maximum atomic E-state index is 12.7.